The second-order valence-corrected chi connectivity index (χ2v) is 6.63. The molecule has 0 saturated carbocycles. The zero-order valence-corrected chi connectivity index (χ0v) is 13.9. The van der Waals surface area contributed by atoms with Crippen LogP contribution in [0.1, 0.15) is 35.0 Å². The van der Waals surface area contributed by atoms with Gasteiger partial charge in [-0.1, -0.05) is 30.3 Å². The first kappa shape index (κ1) is 16.2. The number of rotatable bonds is 4. The van der Waals surface area contributed by atoms with E-state index in [1.54, 1.807) is 22.7 Å². The fourth-order valence-corrected chi connectivity index (χ4v) is 3.05. The Hall–Kier alpha value is -2.63. The largest absolute Gasteiger partial charge is 0.481 e. The summed E-state index contributed by atoms with van der Waals surface area (Å²) in [6.07, 6.45) is 2.06. The van der Waals surface area contributed by atoms with Gasteiger partial charge in [0.25, 0.3) is 5.91 Å². The topological polar surface area (TPSA) is 75.4 Å². The Morgan fingerprint density at radius 3 is 2.62 bits per heavy atom. The normalized spacial score (nSPS) is 20.3. The van der Waals surface area contributed by atoms with Crippen molar-refractivity contribution in [1.29, 1.82) is 0 Å². The molecule has 1 atom stereocenters. The van der Waals surface area contributed by atoms with Crippen molar-refractivity contribution in [3.05, 3.63) is 53.3 Å². The lowest BCUT2D eigenvalue weighted by Gasteiger charge is -2.20. The third-order valence-corrected chi connectivity index (χ3v) is 4.79. The Kier molecular flexibility index (Phi) is 4.13. The molecule has 1 saturated heterocycles. The number of carboxylic acids is 1. The number of aliphatic carboxylic acids is 1. The molecule has 2 heterocycles. The van der Waals surface area contributed by atoms with Crippen molar-refractivity contribution in [1.82, 2.24) is 14.7 Å². The number of hydrogen-bond acceptors (Lipinski definition) is 3. The predicted octanol–water partition coefficient (Wildman–Crippen LogP) is 2.18. The molecule has 6 nitrogen and oxygen atoms in total. The van der Waals surface area contributed by atoms with Gasteiger partial charge in [0.2, 0.25) is 0 Å². The van der Waals surface area contributed by atoms with E-state index in [-0.39, 0.29) is 12.5 Å². The molecule has 2 aromatic rings. The highest BCUT2D eigenvalue weighted by atomic mass is 16.4. The van der Waals surface area contributed by atoms with E-state index in [4.69, 9.17) is 0 Å². The van der Waals surface area contributed by atoms with Gasteiger partial charge in [0.15, 0.2) is 0 Å². The van der Waals surface area contributed by atoms with Crippen LogP contribution in [0, 0.1) is 12.3 Å². The van der Waals surface area contributed by atoms with E-state index in [1.165, 1.54) is 0 Å². The highest BCUT2D eigenvalue weighted by Crippen LogP contribution is 2.31. The number of carbonyl (C=O) groups excluding carboxylic acids is 1. The number of carbonyl (C=O) groups is 2. The number of hydrogen-bond donors (Lipinski definition) is 1. The van der Waals surface area contributed by atoms with Crippen molar-refractivity contribution in [2.75, 3.05) is 13.1 Å². The van der Waals surface area contributed by atoms with Crippen LogP contribution in [-0.2, 0) is 11.3 Å². The van der Waals surface area contributed by atoms with Crippen molar-refractivity contribution in [2.24, 2.45) is 5.41 Å². The van der Waals surface area contributed by atoms with E-state index < -0.39 is 11.4 Å². The average molecular weight is 327 g/mol. The fraction of sp³-hybridized carbons (Fsp3) is 0.389. The third kappa shape index (κ3) is 2.91. The van der Waals surface area contributed by atoms with Gasteiger partial charge in [-0.25, -0.2) is 0 Å². The number of likely N-dealkylation sites (tertiary alicyclic amines) is 1. The average Bonchev–Trinajstić information content (AvgIpc) is 3.13. The third-order valence-electron chi connectivity index (χ3n) is 4.79. The summed E-state index contributed by atoms with van der Waals surface area (Å²) in [5.41, 5.74) is 1.60. The van der Waals surface area contributed by atoms with Gasteiger partial charge in [-0.3, -0.25) is 14.3 Å². The highest BCUT2D eigenvalue weighted by Gasteiger charge is 2.42. The Balaban J connectivity index is 1.76. The van der Waals surface area contributed by atoms with Crippen molar-refractivity contribution < 1.29 is 14.7 Å². The zero-order chi connectivity index (χ0) is 17.3. The molecule has 1 aliphatic heterocycles. The van der Waals surface area contributed by atoms with Crippen LogP contribution < -0.4 is 0 Å². The summed E-state index contributed by atoms with van der Waals surface area (Å²) >= 11 is 0. The van der Waals surface area contributed by atoms with Gasteiger partial charge < -0.3 is 10.0 Å². The van der Waals surface area contributed by atoms with Crippen LogP contribution in [0.15, 0.2) is 36.5 Å². The quantitative estimate of drug-likeness (QED) is 0.934. The Morgan fingerprint density at radius 2 is 2.00 bits per heavy atom. The number of benzene rings is 1. The van der Waals surface area contributed by atoms with Crippen LogP contribution in [0.2, 0.25) is 0 Å². The molecule has 3 rings (SSSR count). The maximum atomic E-state index is 12.7. The lowest BCUT2D eigenvalue weighted by Crippen LogP contribution is -2.35. The van der Waals surface area contributed by atoms with Gasteiger partial charge in [-0.2, -0.15) is 5.10 Å². The van der Waals surface area contributed by atoms with Crippen LogP contribution in [-0.4, -0.2) is 44.8 Å². The molecule has 0 spiro atoms. The van der Waals surface area contributed by atoms with Crippen molar-refractivity contribution >= 4 is 11.9 Å². The summed E-state index contributed by atoms with van der Waals surface area (Å²) < 4.78 is 1.80. The Morgan fingerprint density at radius 1 is 1.29 bits per heavy atom. The summed E-state index contributed by atoms with van der Waals surface area (Å²) in [6, 6.07) is 9.93. The Bertz CT molecular complexity index is 769. The highest BCUT2D eigenvalue weighted by molar-refractivity contribution is 5.95. The molecule has 126 valence electrons. The van der Waals surface area contributed by atoms with Crippen molar-refractivity contribution in [3.8, 4) is 0 Å². The van der Waals surface area contributed by atoms with Crippen LogP contribution in [0.25, 0.3) is 0 Å². The first-order valence-corrected chi connectivity index (χ1v) is 8.00. The second-order valence-electron chi connectivity index (χ2n) is 6.63. The van der Waals surface area contributed by atoms with Crippen LogP contribution >= 0.6 is 0 Å². The molecule has 1 fully saturated rings. The first-order chi connectivity index (χ1) is 11.4. The van der Waals surface area contributed by atoms with Gasteiger partial charge in [-0.15, -0.1) is 0 Å². The molecule has 1 N–H and O–H groups in total. The first-order valence-electron chi connectivity index (χ1n) is 8.00. The molecular weight excluding hydrogens is 306 g/mol. The van der Waals surface area contributed by atoms with Gasteiger partial charge >= 0.3 is 5.97 Å². The summed E-state index contributed by atoms with van der Waals surface area (Å²) in [7, 11) is 0. The SMILES string of the molecule is Cc1c(C(=O)N2CCC(C)(C(=O)O)C2)cnn1Cc1ccccc1. The van der Waals surface area contributed by atoms with E-state index in [9.17, 15) is 14.7 Å². The molecule has 1 aromatic heterocycles. The standard InChI is InChI=1S/C18H21N3O3/c1-13-15(10-19-21(13)11-14-6-4-3-5-7-14)16(22)20-9-8-18(2,12-20)17(23)24/h3-7,10H,8-9,11-12H2,1-2H3,(H,23,24). The molecule has 1 amide bonds. The molecule has 6 heteroatoms. The molecule has 24 heavy (non-hydrogen) atoms. The number of amides is 1. The monoisotopic (exact) mass is 327 g/mol. The van der Waals surface area contributed by atoms with Crippen LogP contribution in [0.5, 0.6) is 0 Å². The van der Waals surface area contributed by atoms with E-state index in [0.717, 1.165) is 11.3 Å². The second kappa shape index (κ2) is 6.11. The van der Waals surface area contributed by atoms with Crippen molar-refractivity contribution in [3.63, 3.8) is 0 Å². The van der Waals surface area contributed by atoms with Gasteiger partial charge in [0.05, 0.1) is 23.7 Å². The predicted molar refractivity (Wildman–Crippen MR) is 88.8 cm³/mol. The molecule has 1 aromatic carbocycles. The number of aromatic nitrogens is 2. The van der Waals surface area contributed by atoms with Gasteiger partial charge in [0.1, 0.15) is 0 Å². The van der Waals surface area contributed by atoms with Gasteiger partial charge in [0, 0.05) is 18.8 Å². The molecule has 0 radical (unpaired) electrons. The summed E-state index contributed by atoms with van der Waals surface area (Å²) in [5.74, 6) is -0.994. The summed E-state index contributed by atoms with van der Waals surface area (Å²) in [6.45, 7) is 4.87. The van der Waals surface area contributed by atoms with Crippen molar-refractivity contribution in [2.45, 2.75) is 26.8 Å². The van der Waals surface area contributed by atoms with Crippen LogP contribution in [0.4, 0.5) is 0 Å². The minimum atomic E-state index is -0.858. The minimum Gasteiger partial charge on any atom is -0.481 e. The maximum absolute atomic E-state index is 12.7. The lowest BCUT2D eigenvalue weighted by atomic mass is 9.90. The molecule has 1 aliphatic rings. The summed E-state index contributed by atoms with van der Waals surface area (Å²) in [4.78, 5) is 25.7. The smallest absolute Gasteiger partial charge is 0.311 e. The fourth-order valence-electron chi connectivity index (χ4n) is 3.05. The zero-order valence-electron chi connectivity index (χ0n) is 13.9. The molecule has 0 bridgehead atoms. The molecular formula is C18H21N3O3. The van der Waals surface area contributed by atoms with E-state index >= 15 is 0 Å². The van der Waals surface area contributed by atoms with Gasteiger partial charge in [-0.05, 0) is 25.8 Å². The molecule has 1 unspecified atom stereocenters. The Labute approximate surface area is 140 Å². The minimum absolute atomic E-state index is 0.142. The van der Waals surface area contributed by atoms with Crippen LogP contribution in [0.3, 0.4) is 0 Å². The van der Waals surface area contributed by atoms with E-state index in [1.807, 2.05) is 37.3 Å². The summed E-state index contributed by atoms with van der Waals surface area (Å²) in [5, 5.41) is 13.6. The van der Waals surface area contributed by atoms with E-state index in [2.05, 4.69) is 5.10 Å². The molecule has 0 aliphatic carbocycles. The van der Waals surface area contributed by atoms with E-state index in [0.29, 0.717) is 25.1 Å². The number of carboxylic acid groups (broad SMARTS) is 1. The number of nitrogens with zero attached hydrogens (tertiary/aromatic N) is 3. The lowest BCUT2D eigenvalue weighted by molar-refractivity contribution is -0.147. The maximum Gasteiger partial charge on any atom is 0.311 e.